The maximum Gasteiger partial charge on any atom is 0.243 e. The Labute approximate surface area is 110 Å². The van der Waals surface area contributed by atoms with E-state index in [4.69, 9.17) is 5.73 Å². The summed E-state index contributed by atoms with van der Waals surface area (Å²) < 4.78 is 26.5. The predicted octanol–water partition coefficient (Wildman–Crippen LogP) is 2.23. The van der Waals surface area contributed by atoms with E-state index in [1.165, 1.54) is 16.4 Å². The molecule has 0 spiro atoms. The van der Waals surface area contributed by atoms with Crippen molar-refractivity contribution in [3.63, 3.8) is 0 Å². The van der Waals surface area contributed by atoms with Crippen molar-refractivity contribution in [1.82, 2.24) is 4.31 Å². The van der Waals surface area contributed by atoms with Crippen LogP contribution in [0.1, 0.15) is 6.92 Å². The summed E-state index contributed by atoms with van der Waals surface area (Å²) in [5.74, 6) is 0. The second-order valence-corrected chi connectivity index (χ2v) is 6.22. The van der Waals surface area contributed by atoms with Crippen LogP contribution >= 0.6 is 15.9 Å². The van der Waals surface area contributed by atoms with Crippen LogP contribution in [0.4, 0.5) is 5.69 Å². The van der Waals surface area contributed by atoms with Crippen LogP contribution in [0.15, 0.2) is 40.2 Å². The van der Waals surface area contributed by atoms with Crippen molar-refractivity contribution >= 4 is 31.6 Å². The largest absolute Gasteiger partial charge is 0.398 e. The first-order chi connectivity index (χ1) is 7.93. The van der Waals surface area contributed by atoms with E-state index in [-0.39, 0.29) is 11.4 Å². The minimum Gasteiger partial charge on any atom is -0.398 e. The highest BCUT2D eigenvalue weighted by molar-refractivity contribution is 9.10. The summed E-state index contributed by atoms with van der Waals surface area (Å²) in [6.07, 6.45) is 1.56. The van der Waals surface area contributed by atoms with Crippen LogP contribution < -0.4 is 5.73 Å². The number of rotatable bonds is 5. The van der Waals surface area contributed by atoms with Gasteiger partial charge in [0.15, 0.2) is 0 Å². The zero-order valence-electron chi connectivity index (χ0n) is 9.56. The Morgan fingerprint density at radius 3 is 2.65 bits per heavy atom. The quantitative estimate of drug-likeness (QED) is 0.669. The van der Waals surface area contributed by atoms with Gasteiger partial charge in [0, 0.05) is 23.2 Å². The minimum atomic E-state index is -3.49. The van der Waals surface area contributed by atoms with E-state index in [2.05, 4.69) is 22.5 Å². The monoisotopic (exact) mass is 318 g/mol. The smallest absolute Gasteiger partial charge is 0.243 e. The molecule has 94 valence electrons. The maximum absolute atomic E-state index is 12.2. The Morgan fingerprint density at radius 2 is 2.18 bits per heavy atom. The van der Waals surface area contributed by atoms with E-state index in [9.17, 15) is 8.42 Å². The SMILES string of the molecule is C=CCN(CC)S(=O)(=O)c1ccc(Br)c(N)c1. The molecular weight excluding hydrogens is 304 g/mol. The molecule has 0 unspecified atom stereocenters. The Hall–Kier alpha value is -0.850. The molecule has 1 rings (SSSR count). The highest BCUT2D eigenvalue weighted by Gasteiger charge is 2.22. The van der Waals surface area contributed by atoms with Crippen LogP contribution in [-0.4, -0.2) is 25.8 Å². The van der Waals surface area contributed by atoms with Crippen LogP contribution in [0.3, 0.4) is 0 Å². The van der Waals surface area contributed by atoms with E-state index in [1.54, 1.807) is 19.1 Å². The van der Waals surface area contributed by atoms with Crippen LogP contribution in [0.5, 0.6) is 0 Å². The molecule has 0 saturated heterocycles. The van der Waals surface area contributed by atoms with Gasteiger partial charge in [-0.15, -0.1) is 6.58 Å². The number of nitrogen functional groups attached to an aromatic ring is 1. The lowest BCUT2D eigenvalue weighted by molar-refractivity contribution is 0.460. The average Bonchev–Trinajstić information content (AvgIpc) is 2.29. The summed E-state index contributed by atoms with van der Waals surface area (Å²) in [6, 6.07) is 4.61. The Morgan fingerprint density at radius 1 is 1.53 bits per heavy atom. The fraction of sp³-hybridized carbons (Fsp3) is 0.273. The third-order valence-electron chi connectivity index (χ3n) is 2.29. The fourth-order valence-electron chi connectivity index (χ4n) is 1.37. The first kappa shape index (κ1) is 14.2. The molecule has 0 aliphatic carbocycles. The molecule has 0 aliphatic heterocycles. The number of halogens is 1. The second kappa shape index (κ2) is 5.66. The number of anilines is 1. The number of benzene rings is 1. The fourth-order valence-corrected chi connectivity index (χ4v) is 3.07. The standard InChI is InChI=1S/C11H15BrN2O2S/c1-3-7-14(4-2)17(15,16)9-5-6-10(12)11(13)8-9/h3,5-6,8H,1,4,7,13H2,2H3. The maximum atomic E-state index is 12.2. The first-order valence-corrected chi connectivity index (χ1v) is 7.32. The number of hydrogen-bond donors (Lipinski definition) is 1. The average molecular weight is 319 g/mol. The molecule has 0 atom stereocenters. The zero-order chi connectivity index (χ0) is 13.1. The summed E-state index contributed by atoms with van der Waals surface area (Å²) >= 11 is 3.23. The van der Waals surface area contributed by atoms with Crippen LogP contribution in [-0.2, 0) is 10.0 Å². The lowest BCUT2D eigenvalue weighted by Gasteiger charge is -2.19. The van der Waals surface area contributed by atoms with Crippen LogP contribution in [0.25, 0.3) is 0 Å². The molecule has 2 N–H and O–H groups in total. The molecular formula is C11H15BrN2O2S. The topological polar surface area (TPSA) is 63.4 Å². The Bertz CT molecular complexity index is 514. The molecule has 0 amide bonds. The molecule has 0 aromatic heterocycles. The molecule has 6 heteroatoms. The summed E-state index contributed by atoms with van der Waals surface area (Å²) in [7, 11) is -3.49. The summed E-state index contributed by atoms with van der Waals surface area (Å²) in [6.45, 7) is 6.01. The predicted molar refractivity (Wildman–Crippen MR) is 73.2 cm³/mol. The summed E-state index contributed by atoms with van der Waals surface area (Å²) in [4.78, 5) is 0.196. The molecule has 1 aromatic carbocycles. The molecule has 4 nitrogen and oxygen atoms in total. The highest BCUT2D eigenvalue weighted by Crippen LogP contribution is 2.24. The molecule has 0 radical (unpaired) electrons. The number of nitrogens with zero attached hydrogens (tertiary/aromatic N) is 1. The van der Waals surface area contributed by atoms with Gasteiger partial charge in [-0.1, -0.05) is 13.0 Å². The van der Waals surface area contributed by atoms with Gasteiger partial charge in [-0.3, -0.25) is 0 Å². The number of sulfonamides is 1. The van der Waals surface area contributed by atoms with Gasteiger partial charge in [0.25, 0.3) is 0 Å². The van der Waals surface area contributed by atoms with Crippen molar-refractivity contribution in [2.75, 3.05) is 18.8 Å². The number of likely N-dealkylation sites (N-methyl/N-ethyl adjacent to an activating group) is 1. The minimum absolute atomic E-state index is 0.196. The Kier molecular flexibility index (Phi) is 4.73. The first-order valence-electron chi connectivity index (χ1n) is 5.09. The van der Waals surface area contributed by atoms with Crippen molar-refractivity contribution in [3.8, 4) is 0 Å². The van der Waals surface area contributed by atoms with Crippen LogP contribution in [0.2, 0.25) is 0 Å². The second-order valence-electron chi connectivity index (χ2n) is 3.43. The van der Waals surface area contributed by atoms with Gasteiger partial charge >= 0.3 is 0 Å². The van der Waals surface area contributed by atoms with Gasteiger partial charge in [0.1, 0.15) is 0 Å². The lowest BCUT2D eigenvalue weighted by Crippen LogP contribution is -2.31. The zero-order valence-corrected chi connectivity index (χ0v) is 12.0. The molecule has 1 aromatic rings. The summed E-state index contributed by atoms with van der Waals surface area (Å²) in [5.41, 5.74) is 6.09. The molecule has 0 saturated carbocycles. The van der Waals surface area contributed by atoms with Crippen molar-refractivity contribution in [1.29, 1.82) is 0 Å². The lowest BCUT2D eigenvalue weighted by atomic mass is 10.3. The van der Waals surface area contributed by atoms with Crippen molar-refractivity contribution in [2.24, 2.45) is 0 Å². The van der Waals surface area contributed by atoms with Gasteiger partial charge in [0.2, 0.25) is 10.0 Å². The van der Waals surface area contributed by atoms with E-state index >= 15 is 0 Å². The van der Waals surface area contributed by atoms with E-state index in [1.807, 2.05) is 0 Å². The van der Waals surface area contributed by atoms with Gasteiger partial charge in [-0.2, -0.15) is 4.31 Å². The van der Waals surface area contributed by atoms with Gasteiger partial charge in [-0.25, -0.2) is 8.42 Å². The number of nitrogens with two attached hydrogens (primary N) is 1. The van der Waals surface area contributed by atoms with Gasteiger partial charge in [-0.05, 0) is 34.1 Å². The highest BCUT2D eigenvalue weighted by atomic mass is 79.9. The molecule has 0 bridgehead atoms. The van der Waals surface area contributed by atoms with E-state index in [0.717, 1.165) is 0 Å². The third-order valence-corrected chi connectivity index (χ3v) is 4.95. The van der Waals surface area contributed by atoms with Crippen molar-refractivity contribution < 1.29 is 8.42 Å². The van der Waals surface area contributed by atoms with Gasteiger partial charge in [0.05, 0.1) is 4.90 Å². The molecule has 0 aliphatic rings. The number of hydrogen-bond acceptors (Lipinski definition) is 3. The van der Waals surface area contributed by atoms with E-state index in [0.29, 0.717) is 16.7 Å². The molecule has 0 heterocycles. The van der Waals surface area contributed by atoms with Crippen molar-refractivity contribution in [3.05, 3.63) is 35.3 Å². The molecule has 0 fully saturated rings. The third kappa shape index (κ3) is 3.08. The van der Waals surface area contributed by atoms with Crippen LogP contribution in [0, 0.1) is 0 Å². The normalized spacial score (nSPS) is 11.7. The van der Waals surface area contributed by atoms with E-state index < -0.39 is 10.0 Å². The summed E-state index contributed by atoms with van der Waals surface area (Å²) in [5, 5.41) is 0. The van der Waals surface area contributed by atoms with Crippen molar-refractivity contribution in [2.45, 2.75) is 11.8 Å². The van der Waals surface area contributed by atoms with Gasteiger partial charge < -0.3 is 5.73 Å². The Balaban J connectivity index is 3.20. The molecule has 17 heavy (non-hydrogen) atoms.